The van der Waals surface area contributed by atoms with Crippen molar-refractivity contribution >= 4 is 11.7 Å². The third-order valence-electron chi connectivity index (χ3n) is 3.47. The minimum Gasteiger partial charge on any atom is -0.481 e. The summed E-state index contributed by atoms with van der Waals surface area (Å²) in [6.07, 6.45) is 2.47. The average molecular weight is 251 g/mol. The Morgan fingerprint density at radius 3 is 2.72 bits per heavy atom. The van der Waals surface area contributed by atoms with E-state index in [0.717, 1.165) is 31.6 Å². The highest BCUT2D eigenvalue weighted by molar-refractivity contribution is 5.70. The van der Waals surface area contributed by atoms with Crippen LogP contribution < -0.4 is 4.90 Å². The van der Waals surface area contributed by atoms with Gasteiger partial charge in [-0.25, -0.2) is 4.39 Å². The standard InChI is InChI=1S/C14H18FNO2/c1-10(14(17)18)9-11-12(15)5-4-6-13(11)16-7-2-3-8-16/h4-6,10H,2-3,7-9H2,1H3,(H,17,18). The summed E-state index contributed by atoms with van der Waals surface area (Å²) in [5, 5.41) is 8.95. The summed E-state index contributed by atoms with van der Waals surface area (Å²) in [4.78, 5) is 13.1. The molecule has 1 atom stereocenters. The van der Waals surface area contributed by atoms with Crippen molar-refractivity contribution in [2.75, 3.05) is 18.0 Å². The van der Waals surface area contributed by atoms with Crippen LogP contribution in [0.3, 0.4) is 0 Å². The molecule has 1 aliphatic heterocycles. The van der Waals surface area contributed by atoms with E-state index in [-0.39, 0.29) is 12.2 Å². The minimum atomic E-state index is -0.884. The summed E-state index contributed by atoms with van der Waals surface area (Å²) in [5.74, 6) is -1.75. The molecule has 2 rings (SSSR count). The van der Waals surface area contributed by atoms with Crippen molar-refractivity contribution in [2.24, 2.45) is 5.92 Å². The smallest absolute Gasteiger partial charge is 0.306 e. The number of carboxylic acids is 1. The average Bonchev–Trinajstić information content (AvgIpc) is 2.85. The van der Waals surface area contributed by atoms with Gasteiger partial charge in [0.05, 0.1) is 5.92 Å². The topological polar surface area (TPSA) is 40.5 Å². The lowest BCUT2D eigenvalue weighted by molar-refractivity contribution is -0.141. The van der Waals surface area contributed by atoms with E-state index in [4.69, 9.17) is 5.11 Å². The van der Waals surface area contributed by atoms with Crippen LogP contribution in [0.2, 0.25) is 0 Å². The molecule has 1 unspecified atom stereocenters. The molecule has 3 nitrogen and oxygen atoms in total. The van der Waals surface area contributed by atoms with Crippen LogP contribution in [0.1, 0.15) is 25.3 Å². The fourth-order valence-electron chi connectivity index (χ4n) is 2.40. The van der Waals surface area contributed by atoms with Gasteiger partial charge in [-0.1, -0.05) is 13.0 Å². The Bertz CT molecular complexity index is 441. The quantitative estimate of drug-likeness (QED) is 0.894. The fraction of sp³-hybridized carbons (Fsp3) is 0.500. The molecule has 0 bridgehead atoms. The second-order valence-electron chi connectivity index (χ2n) is 4.88. The number of benzene rings is 1. The van der Waals surface area contributed by atoms with Gasteiger partial charge >= 0.3 is 5.97 Å². The molecule has 0 aromatic heterocycles. The molecule has 1 aromatic carbocycles. The van der Waals surface area contributed by atoms with Crippen LogP contribution in [0.4, 0.5) is 10.1 Å². The third-order valence-corrected chi connectivity index (χ3v) is 3.47. The normalized spacial score (nSPS) is 16.9. The predicted molar refractivity (Wildman–Crippen MR) is 68.4 cm³/mol. The van der Waals surface area contributed by atoms with Crippen molar-refractivity contribution < 1.29 is 14.3 Å². The first-order valence-corrected chi connectivity index (χ1v) is 6.34. The lowest BCUT2D eigenvalue weighted by Crippen LogP contribution is -2.22. The maximum atomic E-state index is 13.9. The van der Waals surface area contributed by atoms with E-state index in [2.05, 4.69) is 4.90 Å². The molecular formula is C14H18FNO2. The Morgan fingerprint density at radius 2 is 2.11 bits per heavy atom. The third kappa shape index (κ3) is 2.63. The summed E-state index contributed by atoms with van der Waals surface area (Å²) in [5.41, 5.74) is 1.40. The van der Waals surface area contributed by atoms with E-state index in [1.807, 2.05) is 6.07 Å². The predicted octanol–water partition coefficient (Wildman–Crippen LogP) is 2.69. The van der Waals surface area contributed by atoms with Gasteiger partial charge in [-0.3, -0.25) is 4.79 Å². The van der Waals surface area contributed by atoms with E-state index in [9.17, 15) is 9.18 Å². The van der Waals surface area contributed by atoms with Gasteiger partial charge < -0.3 is 10.0 Å². The number of carbonyl (C=O) groups is 1. The molecule has 0 spiro atoms. The highest BCUT2D eigenvalue weighted by Crippen LogP contribution is 2.28. The minimum absolute atomic E-state index is 0.244. The molecule has 1 aliphatic rings. The summed E-state index contributed by atoms with van der Waals surface area (Å²) < 4.78 is 13.9. The van der Waals surface area contributed by atoms with Crippen molar-refractivity contribution in [2.45, 2.75) is 26.2 Å². The van der Waals surface area contributed by atoms with E-state index in [1.54, 1.807) is 13.0 Å². The van der Waals surface area contributed by atoms with Crippen LogP contribution in [-0.2, 0) is 11.2 Å². The van der Waals surface area contributed by atoms with Gasteiger partial charge in [-0.15, -0.1) is 0 Å². The first-order chi connectivity index (χ1) is 8.59. The number of carboxylic acid groups (broad SMARTS) is 1. The lowest BCUT2D eigenvalue weighted by Gasteiger charge is -2.22. The SMILES string of the molecule is CC(Cc1c(F)cccc1N1CCCC1)C(=O)O. The van der Waals surface area contributed by atoms with Crippen molar-refractivity contribution in [3.63, 3.8) is 0 Å². The van der Waals surface area contributed by atoms with Crippen LogP contribution in [0, 0.1) is 11.7 Å². The maximum absolute atomic E-state index is 13.9. The molecule has 98 valence electrons. The zero-order chi connectivity index (χ0) is 13.1. The van der Waals surface area contributed by atoms with Gasteiger partial charge in [0.25, 0.3) is 0 Å². The van der Waals surface area contributed by atoms with Crippen LogP contribution in [0.15, 0.2) is 18.2 Å². The number of rotatable bonds is 4. The van der Waals surface area contributed by atoms with Crippen molar-refractivity contribution in [3.05, 3.63) is 29.6 Å². The molecular weight excluding hydrogens is 233 g/mol. The molecule has 4 heteroatoms. The van der Waals surface area contributed by atoms with E-state index in [1.165, 1.54) is 6.07 Å². The molecule has 0 radical (unpaired) electrons. The zero-order valence-corrected chi connectivity index (χ0v) is 10.5. The Morgan fingerprint density at radius 1 is 1.44 bits per heavy atom. The van der Waals surface area contributed by atoms with Crippen LogP contribution in [0.5, 0.6) is 0 Å². The van der Waals surface area contributed by atoms with Crippen LogP contribution >= 0.6 is 0 Å². The maximum Gasteiger partial charge on any atom is 0.306 e. The molecule has 0 saturated carbocycles. The van der Waals surface area contributed by atoms with E-state index >= 15 is 0 Å². The summed E-state index contributed by atoms with van der Waals surface area (Å²) in [6.45, 7) is 3.47. The van der Waals surface area contributed by atoms with E-state index in [0.29, 0.717) is 5.56 Å². The summed E-state index contributed by atoms with van der Waals surface area (Å²) in [7, 11) is 0. The number of halogens is 1. The highest BCUT2D eigenvalue weighted by atomic mass is 19.1. The van der Waals surface area contributed by atoms with Gasteiger partial charge in [0.2, 0.25) is 0 Å². The Kier molecular flexibility index (Phi) is 3.84. The van der Waals surface area contributed by atoms with Crippen LogP contribution in [-0.4, -0.2) is 24.2 Å². The molecule has 1 N–H and O–H groups in total. The highest BCUT2D eigenvalue weighted by Gasteiger charge is 2.21. The van der Waals surface area contributed by atoms with Gasteiger partial charge in [0.15, 0.2) is 0 Å². The molecule has 1 saturated heterocycles. The fourth-order valence-corrected chi connectivity index (χ4v) is 2.40. The Balaban J connectivity index is 2.28. The first kappa shape index (κ1) is 12.9. The van der Waals surface area contributed by atoms with Crippen molar-refractivity contribution in [1.82, 2.24) is 0 Å². The molecule has 1 fully saturated rings. The molecule has 18 heavy (non-hydrogen) atoms. The zero-order valence-electron chi connectivity index (χ0n) is 10.5. The number of hydrogen-bond donors (Lipinski definition) is 1. The number of hydrogen-bond acceptors (Lipinski definition) is 2. The summed E-state index contributed by atoms with van der Waals surface area (Å²) >= 11 is 0. The van der Waals surface area contributed by atoms with E-state index < -0.39 is 11.9 Å². The first-order valence-electron chi connectivity index (χ1n) is 6.34. The lowest BCUT2D eigenvalue weighted by atomic mass is 9.98. The van der Waals surface area contributed by atoms with Gasteiger partial charge in [-0.2, -0.15) is 0 Å². The second-order valence-corrected chi connectivity index (χ2v) is 4.88. The monoisotopic (exact) mass is 251 g/mol. The second kappa shape index (κ2) is 5.38. The Hall–Kier alpha value is -1.58. The van der Waals surface area contributed by atoms with Crippen molar-refractivity contribution in [3.8, 4) is 0 Å². The van der Waals surface area contributed by atoms with Gasteiger partial charge in [0.1, 0.15) is 5.82 Å². The molecule has 0 amide bonds. The number of aliphatic carboxylic acids is 1. The van der Waals surface area contributed by atoms with Crippen molar-refractivity contribution in [1.29, 1.82) is 0 Å². The van der Waals surface area contributed by atoms with Gasteiger partial charge in [-0.05, 0) is 31.4 Å². The molecule has 1 aromatic rings. The molecule has 0 aliphatic carbocycles. The molecule has 1 heterocycles. The van der Waals surface area contributed by atoms with Crippen LogP contribution in [0.25, 0.3) is 0 Å². The number of nitrogens with zero attached hydrogens (tertiary/aromatic N) is 1. The Labute approximate surface area is 106 Å². The number of anilines is 1. The van der Waals surface area contributed by atoms with Gasteiger partial charge in [0, 0.05) is 24.3 Å². The summed E-state index contributed by atoms with van der Waals surface area (Å²) in [6, 6.07) is 4.99. The largest absolute Gasteiger partial charge is 0.481 e.